The van der Waals surface area contributed by atoms with Crippen LogP contribution in [0.15, 0.2) is 40.6 Å². The molecule has 0 saturated carbocycles. The molecule has 9 nitrogen and oxygen atoms in total. The summed E-state index contributed by atoms with van der Waals surface area (Å²) in [6.07, 6.45) is 0. The second kappa shape index (κ2) is 12.3. The first kappa shape index (κ1) is 26.2. The number of ketones is 1. The molecule has 33 heavy (non-hydrogen) atoms. The maximum Gasteiger partial charge on any atom is 0.276 e. The van der Waals surface area contributed by atoms with Gasteiger partial charge in [0.2, 0.25) is 6.04 Å². The van der Waals surface area contributed by atoms with E-state index in [2.05, 4.69) is 10.2 Å². The summed E-state index contributed by atoms with van der Waals surface area (Å²) in [5, 5.41) is 8.14. The summed E-state index contributed by atoms with van der Waals surface area (Å²) in [6.45, 7) is 5.43. The van der Waals surface area contributed by atoms with E-state index >= 15 is 0 Å². The van der Waals surface area contributed by atoms with Gasteiger partial charge in [-0.05, 0) is 45.0 Å². The van der Waals surface area contributed by atoms with E-state index in [0.29, 0.717) is 30.5 Å². The van der Waals surface area contributed by atoms with Crippen LogP contribution in [-0.4, -0.2) is 45.2 Å². The van der Waals surface area contributed by atoms with Crippen LogP contribution in [0.4, 0.5) is 11.4 Å². The smallest absolute Gasteiger partial charge is 0.276 e. The molecule has 0 fully saturated rings. The molecule has 0 aliphatic rings. The molecule has 0 spiro atoms. The zero-order valence-corrected chi connectivity index (χ0v) is 20.4. The van der Waals surface area contributed by atoms with Crippen LogP contribution >= 0.6 is 23.4 Å². The Labute approximate surface area is 202 Å². The molecule has 1 amide bonds. The summed E-state index contributed by atoms with van der Waals surface area (Å²) >= 11 is 12.6. The highest BCUT2D eigenvalue weighted by Gasteiger charge is 2.32. The lowest BCUT2D eigenvalue weighted by Crippen LogP contribution is -2.36. The average molecular weight is 498 g/mol. The van der Waals surface area contributed by atoms with Crippen LogP contribution in [-0.2, 0) is 9.59 Å². The average Bonchev–Trinajstić information content (AvgIpc) is 2.79. The van der Waals surface area contributed by atoms with Gasteiger partial charge in [0.05, 0.1) is 32.5 Å². The summed E-state index contributed by atoms with van der Waals surface area (Å²) in [4.78, 5) is 25.5. The Morgan fingerprint density at radius 2 is 1.61 bits per heavy atom. The molecule has 2 aromatic carbocycles. The Bertz CT molecular complexity index is 1010. The van der Waals surface area contributed by atoms with Crippen LogP contribution in [0.3, 0.4) is 0 Å². The summed E-state index contributed by atoms with van der Waals surface area (Å²) < 4.78 is 22.5. The minimum atomic E-state index is -1.56. The highest BCUT2D eigenvalue weighted by atomic mass is 35.5. The lowest BCUT2D eigenvalue weighted by atomic mass is 10.2. The number of halogens is 2. The number of methoxy groups -OCH3 is 2. The van der Waals surface area contributed by atoms with Crippen molar-refractivity contribution in [2.24, 2.45) is 10.2 Å². The van der Waals surface area contributed by atoms with E-state index in [1.54, 1.807) is 38.1 Å². The molecular weight excluding hydrogens is 473 g/mol. The third kappa shape index (κ3) is 6.06. The largest absolute Gasteiger partial charge is 0.493 e. The number of ether oxygens (including phenoxy) is 4. The molecule has 0 aromatic heterocycles. The first-order valence-corrected chi connectivity index (χ1v) is 10.7. The minimum Gasteiger partial charge on any atom is -0.493 e. The number of nitrogens with zero attached hydrogens (tertiary/aromatic N) is 3. The molecule has 0 radical (unpaired) electrons. The summed E-state index contributed by atoms with van der Waals surface area (Å²) in [5.74, 6) is -0.260. The fraction of sp³-hybridized carbons (Fsp3) is 0.364. The normalized spacial score (nSPS) is 11.7. The van der Waals surface area contributed by atoms with Gasteiger partial charge in [-0.25, -0.2) is 4.42 Å². The van der Waals surface area contributed by atoms with Gasteiger partial charge in [0.15, 0.2) is 17.3 Å². The number of para-hydroxylation sites is 1. The van der Waals surface area contributed by atoms with Crippen LogP contribution in [0.2, 0.25) is 5.02 Å². The fourth-order valence-electron chi connectivity index (χ4n) is 2.86. The highest BCUT2D eigenvalue weighted by molar-refractivity contribution is 6.40. The number of hydrogen-bond donors (Lipinski definition) is 0. The van der Waals surface area contributed by atoms with Crippen molar-refractivity contribution in [2.75, 3.05) is 31.9 Å². The third-order valence-corrected chi connectivity index (χ3v) is 4.95. The molecule has 0 aliphatic carbocycles. The zero-order chi connectivity index (χ0) is 24.5. The Hall–Kier alpha value is -3.04. The maximum absolute atomic E-state index is 13.2. The molecule has 2 rings (SSSR count). The second-order valence-electron chi connectivity index (χ2n) is 6.45. The van der Waals surface area contributed by atoms with Crippen LogP contribution in [0.25, 0.3) is 0 Å². The van der Waals surface area contributed by atoms with Crippen molar-refractivity contribution < 1.29 is 28.5 Å². The molecule has 11 heteroatoms. The van der Waals surface area contributed by atoms with Gasteiger partial charge in [0, 0.05) is 11.8 Å². The van der Waals surface area contributed by atoms with Crippen molar-refractivity contribution in [3.05, 3.63) is 35.4 Å². The van der Waals surface area contributed by atoms with Gasteiger partial charge in [-0.2, -0.15) is 5.11 Å². The fourth-order valence-corrected chi connectivity index (χ4v) is 3.30. The molecule has 1 unspecified atom stereocenters. The molecule has 0 saturated heterocycles. The van der Waals surface area contributed by atoms with Gasteiger partial charge in [0.25, 0.3) is 5.91 Å². The summed E-state index contributed by atoms with van der Waals surface area (Å²) in [5.41, 5.74) is 0.259. The van der Waals surface area contributed by atoms with Crippen molar-refractivity contribution in [3.63, 3.8) is 0 Å². The van der Waals surface area contributed by atoms with Crippen molar-refractivity contribution in [2.45, 2.75) is 26.8 Å². The van der Waals surface area contributed by atoms with Crippen molar-refractivity contribution in [1.29, 1.82) is 0 Å². The quantitative estimate of drug-likeness (QED) is 0.234. The first-order chi connectivity index (χ1) is 15.8. The third-order valence-electron chi connectivity index (χ3n) is 4.31. The van der Waals surface area contributed by atoms with Gasteiger partial charge < -0.3 is 18.9 Å². The Morgan fingerprint density at radius 1 is 1.00 bits per heavy atom. The lowest BCUT2D eigenvalue weighted by Gasteiger charge is -2.22. The minimum absolute atomic E-state index is 0.100. The monoisotopic (exact) mass is 497 g/mol. The SMILES string of the molecule is CCOc1cccc(OCC)c1N(Cl)C(=O)C(N=Nc1c(Cl)ccc(OC)c1OC)C(C)=O. The molecular formula is C22H25Cl2N3O6. The first-order valence-electron chi connectivity index (χ1n) is 10.0. The van der Waals surface area contributed by atoms with E-state index in [-0.39, 0.29) is 22.1 Å². The highest BCUT2D eigenvalue weighted by Crippen LogP contribution is 2.43. The van der Waals surface area contributed by atoms with Gasteiger partial charge >= 0.3 is 0 Å². The van der Waals surface area contributed by atoms with Crippen LogP contribution in [0.5, 0.6) is 23.0 Å². The lowest BCUT2D eigenvalue weighted by molar-refractivity contribution is -0.126. The van der Waals surface area contributed by atoms with Gasteiger partial charge in [-0.1, -0.05) is 17.7 Å². The van der Waals surface area contributed by atoms with E-state index in [9.17, 15) is 9.59 Å². The molecule has 0 heterocycles. The maximum atomic E-state index is 13.2. The van der Waals surface area contributed by atoms with E-state index in [4.69, 9.17) is 42.3 Å². The molecule has 0 aliphatic heterocycles. The van der Waals surface area contributed by atoms with Crippen LogP contribution in [0.1, 0.15) is 20.8 Å². The van der Waals surface area contributed by atoms with Crippen LogP contribution < -0.4 is 23.4 Å². The predicted octanol–water partition coefficient (Wildman–Crippen LogP) is 5.38. The standard InChI is InChI=1S/C22H25Cl2N3O6/c1-6-32-15-9-8-10-16(33-7-2)20(15)27(24)22(29)18(13(3)28)25-26-19-14(23)11-12-17(30-4)21(19)31-5/h8-12,18H,6-7H2,1-5H3. The number of Topliss-reactive ketones (excluding diaryl/α,β-unsaturated/α-hetero) is 1. The molecule has 1 atom stereocenters. The van der Waals surface area contributed by atoms with Crippen LogP contribution in [0, 0.1) is 0 Å². The van der Waals surface area contributed by atoms with E-state index in [0.717, 1.165) is 4.42 Å². The number of carbonyl (C=O) groups is 2. The summed E-state index contributed by atoms with van der Waals surface area (Å²) in [7, 11) is 2.85. The topological polar surface area (TPSA) is 99.0 Å². The second-order valence-corrected chi connectivity index (χ2v) is 7.19. The number of azo groups is 1. The number of carbonyl (C=O) groups excluding carboxylic acids is 2. The number of anilines is 1. The van der Waals surface area contributed by atoms with Gasteiger partial charge in [-0.15, -0.1) is 5.11 Å². The summed E-state index contributed by atoms with van der Waals surface area (Å²) in [6, 6.07) is 6.54. The zero-order valence-electron chi connectivity index (χ0n) is 18.9. The van der Waals surface area contributed by atoms with Crippen molar-refractivity contribution in [3.8, 4) is 23.0 Å². The molecule has 0 N–H and O–H groups in total. The molecule has 178 valence electrons. The van der Waals surface area contributed by atoms with Gasteiger partial charge in [-0.3, -0.25) is 9.59 Å². The Kier molecular flexibility index (Phi) is 9.74. The number of amides is 1. The molecule has 2 aromatic rings. The van der Waals surface area contributed by atoms with Gasteiger partial charge in [0.1, 0.15) is 22.9 Å². The van der Waals surface area contributed by atoms with E-state index in [1.807, 2.05) is 0 Å². The Balaban J connectivity index is 2.49. The van der Waals surface area contributed by atoms with E-state index in [1.165, 1.54) is 27.2 Å². The van der Waals surface area contributed by atoms with Crippen molar-refractivity contribution >= 4 is 46.4 Å². The predicted molar refractivity (Wildman–Crippen MR) is 126 cm³/mol. The van der Waals surface area contributed by atoms with Crippen molar-refractivity contribution in [1.82, 2.24) is 0 Å². The number of rotatable bonds is 11. The number of hydrogen-bond acceptors (Lipinski definition) is 8. The number of benzene rings is 2. The van der Waals surface area contributed by atoms with E-state index < -0.39 is 17.7 Å². The Morgan fingerprint density at radius 3 is 2.09 bits per heavy atom. The molecule has 0 bridgehead atoms.